The molecule has 0 aliphatic carbocycles. The maximum Gasteiger partial charge on any atom is 0.263 e. The van der Waals surface area contributed by atoms with Gasteiger partial charge < -0.3 is 14.8 Å². The summed E-state index contributed by atoms with van der Waals surface area (Å²) in [5.74, 6) is 0.675. The van der Waals surface area contributed by atoms with E-state index in [4.69, 9.17) is 21.7 Å². The van der Waals surface area contributed by atoms with Crippen LogP contribution in [0, 0.1) is 0 Å². The maximum absolute atomic E-state index is 11.6. The fourth-order valence-corrected chi connectivity index (χ4v) is 2.77. The van der Waals surface area contributed by atoms with E-state index < -0.39 is 0 Å². The molecule has 1 amide bonds. The predicted octanol–water partition coefficient (Wildman–Crippen LogP) is 2.98. The van der Waals surface area contributed by atoms with E-state index >= 15 is 0 Å². The van der Waals surface area contributed by atoms with E-state index in [0.717, 1.165) is 24.3 Å². The largest absolute Gasteiger partial charge is 0.494 e. The fraction of sp³-hybridized carbons (Fsp3) is 0.333. The molecule has 6 heteroatoms. The zero-order chi connectivity index (χ0) is 15.1. The highest BCUT2D eigenvalue weighted by atomic mass is 32.2. The number of thiocarbonyl (C=S) groups is 1. The predicted molar refractivity (Wildman–Crippen MR) is 89.4 cm³/mol. The lowest BCUT2D eigenvalue weighted by atomic mass is 10.2. The summed E-state index contributed by atoms with van der Waals surface area (Å²) >= 11 is 6.23. The van der Waals surface area contributed by atoms with Gasteiger partial charge in [0.25, 0.3) is 5.91 Å². The van der Waals surface area contributed by atoms with Gasteiger partial charge in [0.05, 0.1) is 11.5 Å². The Morgan fingerprint density at radius 1 is 1.29 bits per heavy atom. The van der Waals surface area contributed by atoms with E-state index in [1.807, 2.05) is 37.3 Å². The summed E-state index contributed by atoms with van der Waals surface area (Å²) in [5, 5.41) is 2.59. The van der Waals surface area contributed by atoms with Crippen LogP contribution in [0.5, 0.6) is 5.75 Å². The Balaban J connectivity index is 1.86. The molecule has 1 aliphatic rings. The van der Waals surface area contributed by atoms with Gasteiger partial charge in [-0.3, -0.25) is 4.79 Å². The fourth-order valence-electron chi connectivity index (χ4n) is 1.73. The summed E-state index contributed by atoms with van der Waals surface area (Å²) in [7, 11) is 0. The van der Waals surface area contributed by atoms with Crippen molar-refractivity contribution < 1.29 is 14.3 Å². The minimum absolute atomic E-state index is 0.138. The number of thioether (sulfide) groups is 1. The molecule has 4 nitrogen and oxygen atoms in total. The Bertz CT molecular complexity index is 540. The molecule has 0 atom stereocenters. The molecule has 1 aromatic rings. The lowest BCUT2D eigenvalue weighted by Crippen LogP contribution is -2.17. The molecule has 1 aliphatic heterocycles. The summed E-state index contributed by atoms with van der Waals surface area (Å²) in [4.78, 5) is 12.2. The van der Waals surface area contributed by atoms with E-state index in [1.165, 1.54) is 11.8 Å². The van der Waals surface area contributed by atoms with Crippen molar-refractivity contribution in [3.63, 3.8) is 0 Å². The van der Waals surface area contributed by atoms with Crippen LogP contribution in [-0.2, 0) is 9.53 Å². The Kier molecular flexibility index (Phi) is 6.22. The van der Waals surface area contributed by atoms with Crippen molar-refractivity contribution in [1.82, 2.24) is 5.32 Å². The molecule has 0 spiro atoms. The van der Waals surface area contributed by atoms with Crippen LogP contribution in [0.25, 0.3) is 6.08 Å². The van der Waals surface area contributed by atoms with E-state index in [0.29, 0.717) is 22.4 Å². The molecule has 0 unspecified atom stereocenters. The van der Waals surface area contributed by atoms with Crippen molar-refractivity contribution in [2.75, 3.05) is 19.8 Å². The van der Waals surface area contributed by atoms with Crippen molar-refractivity contribution in [2.24, 2.45) is 0 Å². The third-order valence-electron chi connectivity index (χ3n) is 2.73. The summed E-state index contributed by atoms with van der Waals surface area (Å²) in [6, 6.07) is 7.62. The number of benzene rings is 1. The molecular weight excluding hydrogens is 306 g/mol. The van der Waals surface area contributed by atoms with Gasteiger partial charge in [0, 0.05) is 19.6 Å². The van der Waals surface area contributed by atoms with Crippen LogP contribution in [0.1, 0.15) is 18.9 Å². The first-order chi connectivity index (χ1) is 10.2. The van der Waals surface area contributed by atoms with Crippen molar-refractivity contribution in [2.45, 2.75) is 13.3 Å². The number of amides is 1. The number of carbonyl (C=O) groups excluding carboxylic acids is 1. The van der Waals surface area contributed by atoms with Crippen molar-refractivity contribution in [3.8, 4) is 5.75 Å². The number of hydrogen-bond donors (Lipinski definition) is 1. The second-order valence-electron chi connectivity index (χ2n) is 4.32. The zero-order valence-electron chi connectivity index (χ0n) is 11.8. The van der Waals surface area contributed by atoms with E-state index in [2.05, 4.69) is 5.32 Å². The minimum Gasteiger partial charge on any atom is -0.494 e. The minimum atomic E-state index is -0.138. The number of hydrogen-bond acceptors (Lipinski definition) is 5. The van der Waals surface area contributed by atoms with Crippen LogP contribution in [0.3, 0.4) is 0 Å². The average molecular weight is 323 g/mol. The summed E-state index contributed by atoms with van der Waals surface area (Å²) in [6.45, 7) is 4.06. The molecule has 1 heterocycles. The SMILES string of the molecule is CCOCCCOc1ccc(C=C2SC(=S)NC2=O)cc1. The second kappa shape index (κ2) is 8.17. The zero-order valence-corrected chi connectivity index (χ0v) is 13.4. The molecular formula is C15H17NO3S2. The first-order valence-corrected chi connectivity index (χ1v) is 7.97. The summed E-state index contributed by atoms with van der Waals surface area (Å²) in [5.41, 5.74) is 0.944. The summed E-state index contributed by atoms with van der Waals surface area (Å²) in [6.07, 6.45) is 2.69. The highest BCUT2D eigenvalue weighted by Crippen LogP contribution is 2.26. The first kappa shape index (κ1) is 16.0. The van der Waals surface area contributed by atoms with Gasteiger partial charge in [0.15, 0.2) is 0 Å². The molecule has 112 valence electrons. The normalized spacial score (nSPS) is 16.3. The van der Waals surface area contributed by atoms with Crippen LogP contribution in [0.2, 0.25) is 0 Å². The smallest absolute Gasteiger partial charge is 0.263 e. The van der Waals surface area contributed by atoms with Gasteiger partial charge in [0.2, 0.25) is 0 Å². The molecule has 0 bridgehead atoms. The van der Waals surface area contributed by atoms with Gasteiger partial charge in [-0.2, -0.15) is 0 Å². The molecule has 0 saturated carbocycles. The highest BCUT2D eigenvalue weighted by Gasteiger charge is 2.21. The quantitative estimate of drug-likeness (QED) is 0.475. The van der Waals surface area contributed by atoms with Crippen molar-refractivity contribution >= 4 is 40.3 Å². The molecule has 1 N–H and O–H groups in total. The summed E-state index contributed by atoms with van der Waals surface area (Å²) < 4.78 is 11.4. The van der Waals surface area contributed by atoms with Gasteiger partial charge in [0.1, 0.15) is 10.1 Å². The third kappa shape index (κ3) is 5.15. The van der Waals surface area contributed by atoms with Crippen LogP contribution in [0.4, 0.5) is 0 Å². The van der Waals surface area contributed by atoms with Gasteiger partial charge in [-0.05, 0) is 30.7 Å². The lowest BCUT2D eigenvalue weighted by Gasteiger charge is -2.06. The van der Waals surface area contributed by atoms with Crippen LogP contribution in [-0.4, -0.2) is 30.0 Å². The van der Waals surface area contributed by atoms with Crippen LogP contribution < -0.4 is 10.1 Å². The lowest BCUT2D eigenvalue weighted by molar-refractivity contribution is -0.115. The highest BCUT2D eigenvalue weighted by molar-refractivity contribution is 8.26. The molecule has 0 aromatic heterocycles. The van der Waals surface area contributed by atoms with Gasteiger partial charge in [-0.1, -0.05) is 36.1 Å². The Labute approximate surface area is 133 Å². The van der Waals surface area contributed by atoms with Crippen molar-refractivity contribution in [3.05, 3.63) is 34.7 Å². The number of nitrogens with one attached hydrogen (secondary N) is 1. The Hall–Kier alpha value is -1.37. The Morgan fingerprint density at radius 3 is 2.67 bits per heavy atom. The van der Waals surface area contributed by atoms with Gasteiger partial charge in [-0.25, -0.2) is 0 Å². The van der Waals surface area contributed by atoms with Crippen molar-refractivity contribution in [1.29, 1.82) is 0 Å². The standard InChI is InChI=1S/C15H17NO3S2/c1-2-18-8-3-9-19-12-6-4-11(5-7-12)10-13-14(17)16-15(20)21-13/h4-7,10H,2-3,8-9H2,1H3,(H,16,17,20). The number of ether oxygens (including phenoxy) is 2. The second-order valence-corrected chi connectivity index (χ2v) is 6.04. The average Bonchev–Trinajstić information content (AvgIpc) is 2.78. The molecule has 0 radical (unpaired) electrons. The van der Waals surface area contributed by atoms with Crippen LogP contribution >= 0.6 is 24.0 Å². The van der Waals surface area contributed by atoms with Gasteiger partial charge >= 0.3 is 0 Å². The Morgan fingerprint density at radius 2 is 2.05 bits per heavy atom. The number of carbonyl (C=O) groups is 1. The van der Waals surface area contributed by atoms with Crippen LogP contribution in [0.15, 0.2) is 29.2 Å². The van der Waals surface area contributed by atoms with Gasteiger partial charge in [-0.15, -0.1) is 0 Å². The maximum atomic E-state index is 11.6. The van der Waals surface area contributed by atoms with E-state index in [-0.39, 0.29) is 5.91 Å². The first-order valence-electron chi connectivity index (χ1n) is 6.74. The molecule has 21 heavy (non-hydrogen) atoms. The molecule has 1 aromatic carbocycles. The molecule has 1 fully saturated rings. The third-order valence-corrected chi connectivity index (χ3v) is 3.89. The number of rotatable bonds is 7. The molecule has 1 saturated heterocycles. The van der Waals surface area contributed by atoms with E-state index in [1.54, 1.807) is 0 Å². The van der Waals surface area contributed by atoms with E-state index in [9.17, 15) is 4.79 Å². The monoisotopic (exact) mass is 323 g/mol. The molecule has 2 rings (SSSR count). The topological polar surface area (TPSA) is 47.6 Å².